The van der Waals surface area contributed by atoms with Gasteiger partial charge in [-0.15, -0.1) is 0 Å². The second-order valence-electron chi connectivity index (χ2n) is 4.81. The molecule has 88 valence electrons. The van der Waals surface area contributed by atoms with E-state index < -0.39 is 0 Å². The maximum absolute atomic E-state index is 6.08. The molecule has 1 N–H and O–H groups in total. The summed E-state index contributed by atoms with van der Waals surface area (Å²) in [6.07, 6.45) is 2.46. The molecule has 0 amide bonds. The Hall–Kier alpha value is -0.530. The molecule has 0 unspecified atom stereocenters. The Labute approximate surface area is 103 Å². The van der Waals surface area contributed by atoms with Crippen molar-refractivity contribution in [1.29, 1.82) is 0 Å². The van der Waals surface area contributed by atoms with Crippen molar-refractivity contribution < 1.29 is 0 Å². The minimum atomic E-state index is 0.421. The summed E-state index contributed by atoms with van der Waals surface area (Å²) in [7, 11) is 0. The molecule has 1 aliphatic heterocycles. The van der Waals surface area contributed by atoms with Crippen LogP contribution in [0, 0.1) is 5.41 Å². The Morgan fingerprint density at radius 1 is 1.38 bits per heavy atom. The van der Waals surface area contributed by atoms with Crippen molar-refractivity contribution in [3.05, 3.63) is 34.9 Å². The van der Waals surface area contributed by atoms with Crippen LogP contribution < -0.4 is 5.32 Å². The molecule has 0 bridgehead atoms. The smallest absolute Gasteiger partial charge is 0.0408 e. The lowest BCUT2D eigenvalue weighted by Gasteiger charge is -2.33. The number of hydrogen-bond acceptors (Lipinski definition) is 1. The second-order valence-corrected chi connectivity index (χ2v) is 5.24. The van der Waals surface area contributed by atoms with Gasteiger partial charge < -0.3 is 5.32 Å². The Kier molecular flexibility index (Phi) is 3.56. The van der Waals surface area contributed by atoms with Crippen molar-refractivity contribution in [3.8, 4) is 0 Å². The summed E-state index contributed by atoms with van der Waals surface area (Å²) in [5.41, 5.74) is 1.81. The lowest BCUT2D eigenvalue weighted by Crippen LogP contribution is -2.27. The molecule has 1 aliphatic rings. The topological polar surface area (TPSA) is 12.0 Å². The lowest BCUT2D eigenvalue weighted by atomic mass is 9.71. The molecule has 2 rings (SSSR count). The molecule has 1 saturated heterocycles. The van der Waals surface area contributed by atoms with E-state index in [0.29, 0.717) is 11.3 Å². The summed E-state index contributed by atoms with van der Waals surface area (Å²) in [4.78, 5) is 0. The predicted octanol–water partition coefficient (Wildman–Crippen LogP) is 3.83. The maximum atomic E-state index is 6.08. The highest BCUT2D eigenvalue weighted by atomic mass is 35.5. The largest absolute Gasteiger partial charge is 0.316 e. The number of nitrogens with one attached hydrogen (secondary N) is 1. The van der Waals surface area contributed by atoms with E-state index >= 15 is 0 Å². The molecular formula is C14H20ClN. The van der Waals surface area contributed by atoms with Crippen molar-refractivity contribution in [2.75, 3.05) is 13.1 Å². The van der Waals surface area contributed by atoms with E-state index in [2.05, 4.69) is 37.4 Å². The van der Waals surface area contributed by atoms with Crippen LogP contribution in [0.3, 0.4) is 0 Å². The molecule has 2 heteroatoms. The normalized spacial score (nSPS) is 23.6. The minimum Gasteiger partial charge on any atom is -0.316 e. The molecule has 0 spiro atoms. The van der Waals surface area contributed by atoms with E-state index in [9.17, 15) is 0 Å². The van der Waals surface area contributed by atoms with Crippen molar-refractivity contribution in [2.45, 2.75) is 32.6 Å². The van der Waals surface area contributed by atoms with Crippen molar-refractivity contribution in [3.63, 3.8) is 0 Å². The Bertz CT molecular complexity index is 358. The fourth-order valence-electron chi connectivity index (χ4n) is 2.99. The van der Waals surface area contributed by atoms with Gasteiger partial charge in [0.05, 0.1) is 0 Å². The van der Waals surface area contributed by atoms with Crippen LogP contribution in [-0.4, -0.2) is 13.1 Å². The fraction of sp³-hybridized carbons (Fsp3) is 0.571. The lowest BCUT2D eigenvalue weighted by molar-refractivity contribution is 0.260. The van der Waals surface area contributed by atoms with Crippen molar-refractivity contribution >= 4 is 11.6 Å². The molecule has 1 atom stereocenters. The van der Waals surface area contributed by atoms with Crippen molar-refractivity contribution in [2.24, 2.45) is 5.41 Å². The quantitative estimate of drug-likeness (QED) is 0.843. The first-order valence-corrected chi connectivity index (χ1v) is 6.56. The Morgan fingerprint density at radius 2 is 2.12 bits per heavy atom. The van der Waals surface area contributed by atoms with Crippen LogP contribution in [0.5, 0.6) is 0 Å². The fourth-order valence-corrected chi connectivity index (χ4v) is 3.19. The summed E-state index contributed by atoms with van der Waals surface area (Å²) in [6.45, 7) is 6.82. The summed E-state index contributed by atoms with van der Waals surface area (Å²) in [5.74, 6) is 0.612. The zero-order valence-electron chi connectivity index (χ0n) is 10.1. The third-order valence-electron chi connectivity index (χ3n) is 4.22. The van der Waals surface area contributed by atoms with E-state index in [1.807, 2.05) is 6.07 Å². The molecule has 1 aromatic carbocycles. The average Bonchev–Trinajstić information content (AvgIpc) is 2.73. The van der Waals surface area contributed by atoms with E-state index in [-0.39, 0.29) is 0 Å². The first-order chi connectivity index (χ1) is 7.72. The van der Waals surface area contributed by atoms with Gasteiger partial charge in [0, 0.05) is 24.0 Å². The molecular weight excluding hydrogens is 218 g/mol. The van der Waals surface area contributed by atoms with E-state index in [1.54, 1.807) is 0 Å². The monoisotopic (exact) mass is 237 g/mol. The van der Waals surface area contributed by atoms with Crippen LogP contribution in [0.1, 0.15) is 38.2 Å². The first-order valence-electron chi connectivity index (χ1n) is 6.18. The van der Waals surface area contributed by atoms with E-state index in [4.69, 9.17) is 11.6 Å². The van der Waals surface area contributed by atoms with Crippen LogP contribution in [-0.2, 0) is 0 Å². The van der Waals surface area contributed by atoms with Gasteiger partial charge in [0.1, 0.15) is 0 Å². The van der Waals surface area contributed by atoms with Crippen molar-refractivity contribution in [1.82, 2.24) is 5.32 Å². The molecule has 1 aromatic rings. The summed E-state index contributed by atoms with van der Waals surface area (Å²) in [5, 5.41) is 4.39. The number of halogens is 1. The van der Waals surface area contributed by atoms with Gasteiger partial charge in [-0.2, -0.15) is 0 Å². The Balaban J connectivity index is 2.32. The summed E-state index contributed by atoms with van der Waals surface area (Å²) < 4.78 is 0. The van der Waals surface area contributed by atoms with Crippen LogP contribution in [0.4, 0.5) is 0 Å². The highest BCUT2D eigenvalue weighted by Crippen LogP contribution is 2.44. The van der Waals surface area contributed by atoms with E-state index in [0.717, 1.165) is 18.1 Å². The molecule has 0 aromatic heterocycles. The van der Waals surface area contributed by atoms with Gasteiger partial charge >= 0.3 is 0 Å². The van der Waals surface area contributed by atoms with Crippen LogP contribution in [0.15, 0.2) is 24.3 Å². The highest BCUT2D eigenvalue weighted by molar-refractivity contribution is 6.30. The Morgan fingerprint density at radius 3 is 2.75 bits per heavy atom. The summed E-state index contributed by atoms with van der Waals surface area (Å²) >= 11 is 6.08. The molecule has 1 fully saturated rings. The number of hydrogen-bond donors (Lipinski definition) is 1. The minimum absolute atomic E-state index is 0.421. The van der Waals surface area contributed by atoms with Gasteiger partial charge in [-0.25, -0.2) is 0 Å². The predicted molar refractivity (Wildman–Crippen MR) is 70.1 cm³/mol. The van der Waals surface area contributed by atoms with Gasteiger partial charge in [0.15, 0.2) is 0 Å². The second kappa shape index (κ2) is 4.77. The van der Waals surface area contributed by atoms with Gasteiger partial charge in [-0.05, 0) is 36.0 Å². The van der Waals surface area contributed by atoms with Crippen LogP contribution >= 0.6 is 11.6 Å². The molecule has 0 radical (unpaired) electrons. The van der Waals surface area contributed by atoms with Crippen LogP contribution in [0.2, 0.25) is 5.02 Å². The standard InChI is InChI=1S/C14H20ClN/c1-3-14(4-2)10-16-9-13(14)11-6-5-7-12(15)8-11/h5-8,13,16H,3-4,9-10H2,1-2H3/t13-/m0/s1. The average molecular weight is 238 g/mol. The number of rotatable bonds is 3. The van der Waals surface area contributed by atoms with Gasteiger partial charge in [-0.3, -0.25) is 0 Å². The van der Waals surface area contributed by atoms with Gasteiger partial charge in [-0.1, -0.05) is 37.6 Å². The molecule has 1 nitrogen and oxygen atoms in total. The van der Waals surface area contributed by atoms with Gasteiger partial charge in [0.25, 0.3) is 0 Å². The highest BCUT2D eigenvalue weighted by Gasteiger charge is 2.40. The molecule has 0 aliphatic carbocycles. The van der Waals surface area contributed by atoms with Crippen LogP contribution in [0.25, 0.3) is 0 Å². The summed E-state index contributed by atoms with van der Waals surface area (Å²) in [6, 6.07) is 8.35. The van der Waals surface area contributed by atoms with E-state index in [1.165, 1.54) is 18.4 Å². The number of benzene rings is 1. The first kappa shape index (κ1) is 11.9. The molecule has 1 heterocycles. The zero-order valence-corrected chi connectivity index (χ0v) is 10.8. The molecule has 0 saturated carbocycles. The zero-order chi connectivity index (χ0) is 11.6. The third-order valence-corrected chi connectivity index (χ3v) is 4.46. The van der Waals surface area contributed by atoms with Gasteiger partial charge in [0.2, 0.25) is 0 Å². The SMILES string of the molecule is CCC1(CC)CNC[C@H]1c1cccc(Cl)c1. The maximum Gasteiger partial charge on any atom is 0.0408 e. The molecule has 16 heavy (non-hydrogen) atoms. The third kappa shape index (κ3) is 1.99.